The van der Waals surface area contributed by atoms with E-state index in [-0.39, 0.29) is 0 Å². The monoisotopic (exact) mass is 260 g/mol. The van der Waals surface area contributed by atoms with Crippen molar-refractivity contribution in [3.8, 4) is 0 Å². The van der Waals surface area contributed by atoms with Crippen LogP contribution in [0.15, 0.2) is 10.8 Å². The summed E-state index contributed by atoms with van der Waals surface area (Å²) >= 11 is 0. The lowest BCUT2D eigenvalue weighted by Gasteiger charge is -2.54. The van der Waals surface area contributed by atoms with E-state index in [1.165, 1.54) is 12.8 Å². The molecule has 4 bridgehead atoms. The van der Waals surface area contributed by atoms with E-state index in [0.29, 0.717) is 0 Å². The number of hydrogen-bond donors (Lipinski definition) is 0. The molecule has 100 valence electrons. The smallest absolute Gasteiger partial charge is 0.0728 e. The highest BCUT2D eigenvalue weighted by atomic mass is 28.3. The summed E-state index contributed by atoms with van der Waals surface area (Å²) in [7, 11) is -0.932. The predicted molar refractivity (Wildman–Crippen MR) is 80.1 cm³/mol. The number of rotatable bonds is 3. The van der Waals surface area contributed by atoms with Gasteiger partial charge in [-0.25, -0.2) is 0 Å². The van der Waals surface area contributed by atoms with Crippen molar-refractivity contribution < 1.29 is 0 Å². The normalized spacial score (nSPS) is 45.8. The lowest BCUT2D eigenvalue weighted by molar-refractivity contribution is -0.0356. The molecule has 0 amide bonds. The van der Waals surface area contributed by atoms with Crippen LogP contribution in [0.25, 0.3) is 0 Å². The van der Waals surface area contributed by atoms with Gasteiger partial charge in [0.1, 0.15) is 0 Å². The van der Waals surface area contributed by atoms with Crippen molar-refractivity contribution in [1.82, 2.24) is 0 Å². The maximum atomic E-state index is 2.53. The van der Waals surface area contributed by atoms with Crippen LogP contribution >= 0.6 is 0 Å². The second-order valence-corrected chi connectivity index (χ2v) is 13.9. The van der Waals surface area contributed by atoms with Crippen molar-refractivity contribution >= 4 is 8.07 Å². The van der Waals surface area contributed by atoms with Crippen molar-refractivity contribution in [3.05, 3.63) is 10.8 Å². The van der Waals surface area contributed by atoms with Crippen LogP contribution < -0.4 is 0 Å². The fraction of sp³-hybridized carbons (Fsp3) is 0.882. The van der Waals surface area contributed by atoms with Crippen molar-refractivity contribution in [2.24, 2.45) is 29.6 Å². The van der Waals surface area contributed by atoms with E-state index in [1.54, 1.807) is 32.1 Å². The Morgan fingerprint density at radius 2 is 1.44 bits per heavy atom. The zero-order valence-electron chi connectivity index (χ0n) is 12.3. The van der Waals surface area contributed by atoms with Crippen LogP contribution in [0, 0.1) is 29.6 Å². The topological polar surface area (TPSA) is 0 Å². The minimum Gasteiger partial charge on any atom is -0.0776 e. The summed E-state index contributed by atoms with van der Waals surface area (Å²) in [5.41, 5.74) is 1.92. The van der Waals surface area contributed by atoms with Crippen LogP contribution in [-0.2, 0) is 0 Å². The Balaban J connectivity index is 1.49. The van der Waals surface area contributed by atoms with E-state index < -0.39 is 8.07 Å². The van der Waals surface area contributed by atoms with Gasteiger partial charge in [0, 0.05) is 0 Å². The van der Waals surface area contributed by atoms with E-state index in [4.69, 9.17) is 0 Å². The third-order valence-corrected chi connectivity index (χ3v) is 8.84. The molecule has 5 aliphatic rings. The predicted octanol–water partition coefficient (Wildman–Crippen LogP) is 5.03. The molecule has 0 aromatic heterocycles. The van der Waals surface area contributed by atoms with E-state index >= 15 is 0 Å². The lowest BCUT2D eigenvalue weighted by atomic mass is 9.51. The Morgan fingerprint density at radius 3 is 1.89 bits per heavy atom. The van der Waals surface area contributed by atoms with Gasteiger partial charge in [-0.15, -0.1) is 0 Å². The molecule has 1 heteroatoms. The molecule has 0 unspecified atom stereocenters. The summed E-state index contributed by atoms with van der Waals surface area (Å²) in [4.78, 5) is 0. The zero-order chi connectivity index (χ0) is 12.5. The summed E-state index contributed by atoms with van der Waals surface area (Å²) in [5.74, 6) is 5.68. The largest absolute Gasteiger partial charge is 0.0776 e. The maximum absolute atomic E-state index is 2.53. The molecule has 0 saturated heterocycles. The van der Waals surface area contributed by atoms with Gasteiger partial charge in [0.15, 0.2) is 0 Å². The first-order valence-corrected chi connectivity index (χ1v) is 11.7. The van der Waals surface area contributed by atoms with Crippen LogP contribution in [0.5, 0.6) is 0 Å². The standard InChI is InChI=1S/C17H28Si/c1-18(2,3)17-10-15(17)9-16-13-5-11-4-12(7-13)8-14(16)6-11/h11-14,16H,4-10H2,1-3H3. The minimum atomic E-state index is -0.932. The molecular weight excluding hydrogens is 232 g/mol. The summed E-state index contributed by atoms with van der Waals surface area (Å²) in [6.45, 7) is 7.60. The molecule has 0 aromatic carbocycles. The van der Waals surface area contributed by atoms with Crippen molar-refractivity contribution in [2.75, 3.05) is 0 Å². The Labute approximate surface area is 113 Å². The Kier molecular flexibility index (Phi) is 2.45. The van der Waals surface area contributed by atoms with Gasteiger partial charge in [-0.05, 0) is 74.5 Å². The van der Waals surface area contributed by atoms with Gasteiger partial charge < -0.3 is 0 Å². The fourth-order valence-corrected chi connectivity index (χ4v) is 7.72. The molecule has 0 nitrogen and oxygen atoms in total. The number of allylic oxidation sites excluding steroid dienone is 2. The van der Waals surface area contributed by atoms with Crippen LogP contribution in [0.2, 0.25) is 19.6 Å². The summed E-state index contributed by atoms with van der Waals surface area (Å²) in [6.07, 6.45) is 11.0. The van der Waals surface area contributed by atoms with Crippen LogP contribution in [0.3, 0.4) is 0 Å². The molecule has 0 spiro atoms. The molecule has 18 heavy (non-hydrogen) atoms. The Hall–Kier alpha value is -0.0431. The van der Waals surface area contributed by atoms with Gasteiger partial charge in [-0.1, -0.05) is 30.4 Å². The van der Waals surface area contributed by atoms with E-state index in [1.807, 2.05) is 10.8 Å². The second kappa shape index (κ2) is 3.74. The van der Waals surface area contributed by atoms with Crippen LogP contribution in [0.4, 0.5) is 0 Å². The summed E-state index contributed by atoms with van der Waals surface area (Å²) in [5, 5.41) is 1.94. The fourth-order valence-electron chi connectivity index (χ4n) is 5.82. The second-order valence-electron chi connectivity index (χ2n) is 8.81. The van der Waals surface area contributed by atoms with E-state index in [0.717, 1.165) is 29.6 Å². The van der Waals surface area contributed by atoms with Crippen molar-refractivity contribution in [2.45, 2.75) is 64.6 Å². The first-order valence-electron chi connectivity index (χ1n) is 8.22. The van der Waals surface area contributed by atoms with E-state index in [9.17, 15) is 0 Å². The first kappa shape index (κ1) is 11.8. The molecule has 4 saturated carbocycles. The molecule has 0 heterocycles. The number of hydrogen-bond acceptors (Lipinski definition) is 0. The molecule has 0 N–H and O–H groups in total. The van der Waals surface area contributed by atoms with Crippen molar-refractivity contribution in [3.63, 3.8) is 0 Å². The van der Waals surface area contributed by atoms with Gasteiger partial charge in [0.2, 0.25) is 0 Å². The van der Waals surface area contributed by atoms with Gasteiger partial charge >= 0.3 is 0 Å². The molecular formula is C17H28Si. The third-order valence-electron chi connectivity index (χ3n) is 6.50. The van der Waals surface area contributed by atoms with Gasteiger partial charge in [-0.3, -0.25) is 0 Å². The highest BCUT2D eigenvalue weighted by Gasteiger charge is 2.49. The average molecular weight is 260 g/mol. The average Bonchev–Trinajstić information content (AvgIpc) is 3.01. The molecule has 0 atom stereocenters. The molecule has 0 aromatic rings. The maximum Gasteiger partial charge on any atom is 0.0728 e. The molecule has 0 radical (unpaired) electrons. The highest BCUT2D eigenvalue weighted by molar-refractivity contribution is 6.84. The zero-order valence-corrected chi connectivity index (χ0v) is 13.3. The van der Waals surface area contributed by atoms with Crippen LogP contribution in [-0.4, -0.2) is 8.07 Å². The quantitative estimate of drug-likeness (QED) is 0.625. The molecule has 5 rings (SSSR count). The highest BCUT2D eigenvalue weighted by Crippen LogP contribution is 2.59. The van der Waals surface area contributed by atoms with E-state index in [2.05, 4.69) is 19.6 Å². The molecule has 0 aliphatic heterocycles. The van der Waals surface area contributed by atoms with Gasteiger partial charge in [0.25, 0.3) is 0 Å². The van der Waals surface area contributed by atoms with Crippen LogP contribution in [0.1, 0.15) is 44.9 Å². The summed E-state index contributed by atoms with van der Waals surface area (Å²) < 4.78 is 0. The van der Waals surface area contributed by atoms with Crippen molar-refractivity contribution in [1.29, 1.82) is 0 Å². The lowest BCUT2D eigenvalue weighted by Crippen LogP contribution is -2.44. The SMILES string of the molecule is C[Si](C)(C)C1=C(CC2C3CC4CC(C3)CC2C4)C1. The molecule has 4 fully saturated rings. The third kappa shape index (κ3) is 1.85. The Morgan fingerprint density at radius 1 is 0.889 bits per heavy atom. The summed E-state index contributed by atoms with van der Waals surface area (Å²) in [6, 6.07) is 0. The molecule has 5 aliphatic carbocycles. The Bertz CT molecular complexity index is 370. The minimum absolute atomic E-state index is 0.932. The van der Waals surface area contributed by atoms with Gasteiger partial charge in [0.05, 0.1) is 8.07 Å². The first-order chi connectivity index (χ1) is 8.50. The van der Waals surface area contributed by atoms with Gasteiger partial charge in [-0.2, -0.15) is 0 Å².